The van der Waals surface area contributed by atoms with Crippen LogP contribution in [0, 0.1) is 0 Å². The van der Waals surface area contributed by atoms with E-state index in [0.717, 1.165) is 52.1 Å². The molecular weight excluding hydrogens is 394 g/mol. The summed E-state index contributed by atoms with van der Waals surface area (Å²) in [6, 6.07) is 9.52. The molecule has 4 rings (SSSR count). The van der Waals surface area contributed by atoms with E-state index >= 15 is 0 Å². The summed E-state index contributed by atoms with van der Waals surface area (Å²) in [5.74, 6) is -0.0783. The van der Waals surface area contributed by atoms with Gasteiger partial charge in [-0.3, -0.25) is 9.78 Å². The summed E-state index contributed by atoms with van der Waals surface area (Å²) >= 11 is 2.86. The van der Waals surface area contributed by atoms with Crippen LogP contribution >= 0.6 is 23.1 Å². The molecule has 0 radical (unpaired) electrons. The first kappa shape index (κ1) is 19.1. The molecule has 3 heterocycles. The van der Waals surface area contributed by atoms with Crippen LogP contribution in [0.3, 0.4) is 0 Å². The lowest BCUT2D eigenvalue weighted by atomic mass is 10.2. The highest BCUT2D eigenvalue weighted by Crippen LogP contribution is 2.30. The van der Waals surface area contributed by atoms with Gasteiger partial charge in [0.25, 0.3) is 0 Å². The number of hydrogen-bond donors (Lipinski definition) is 2. The van der Waals surface area contributed by atoms with E-state index in [1.807, 2.05) is 37.3 Å². The van der Waals surface area contributed by atoms with Crippen LogP contribution in [0.1, 0.15) is 19.8 Å². The summed E-state index contributed by atoms with van der Waals surface area (Å²) < 4.78 is 6.36. The lowest BCUT2D eigenvalue weighted by molar-refractivity contribution is -0.115. The minimum Gasteiger partial charge on any atom is -0.376 e. The second-order valence-corrected chi connectivity index (χ2v) is 9.08. The Morgan fingerprint density at radius 3 is 3.14 bits per heavy atom. The van der Waals surface area contributed by atoms with Gasteiger partial charge in [0.1, 0.15) is 0 Å². The summed E-state index contributed by atoms with van der Waals surface area (Å²) in [5, 5.41) is 16.0. The fraction of sp³-hybridized carbons (Fsp3) is 0.368. The van der Waals surface area contributed by atoms with Gasteiger partial charge in [0.15, 0.2) is 4.34 Å². The second kappa shape index (κ2) is 8.85. The standard InChI is InChI=1S/C19H21N5O2S2/c1-12(17(25)22-16-8-2-7-15-14(16)6-3-9-20-15)27-19-24-23-18(28-19)21-11-13-5-4-10-26-13/h2-3,6-9,12-13H,4-5,10-11H2,1H3,(H,21,23)(H,22,25). The number of anilines is 2. The number of benzene rings is 1. The van der Waals surface area contributed by atoms with Gasteiger partial charge >= 0.3 is 0 Å². The van der Waals surface area contributed by atoms with Crippen LogP contribution in [0.2, 0.25) is 0 Å². The third-order valence-electron chi connectivity index (χ3n) is 4.46. The molecule has 0 bridgehead atoms. The Morgan fingerprint density at radius 1 is 1.36 bits per heavy atom. The number of carbonyl (C=O) groups excluding carboxylic acids is 1. The zero-order valence-electron chi connectivity index (χ0n) is 15.4. The second-order valence-electron chi connectivity index (χ2n) is 6.51. The summed E-state index contributed by atoms with van der Waals surface area (Å²) in [5.41, 5.74) is 1.62. The fourth-order valence-electron chi connectivity index (χ4n) is 2.99. The molecule has 7 nitrogen and oxygen atoms in total. The molecule has 146 valence electrons. The molecule has 0 saturated carbocycles. The monoisotopic (exact) mass is 415 g/mol. The SMILES string of the molecule is CC(Sc1nnc(NCC2CCCO2)s1)C(=O)Nc1cccc2ncccc12. The third kappa shape index (κ3) is 4.60. The zero-order valence-corrected chi connectivity index (χ0v) is 17.1. The number of carbonyl (C=O) groups is 1. The fourth-order valence-corrected chi connectivity index (χ4v) is 4.89. The highest BCUT2D eigenvalue weighted by atomic mass is 32.2. The molecule has 28 heavy (non-hydrogen) atoms. The molecule has 1 fully saturated rings. The molecule has 9 heteroatoms. The van der Waals surface area contributed by atoms with Crippen molar-refractivity contribution in [3.8, 4) is 0 Å². The smallest absolute Gasteiger partial charge is 0.237 e. The molecular formula is C19H21N5O2S2. The van der Waals surface area contributed by atoms with Gasteiger partial charge in [-0.25, -0.2) is 0 Å². The van der Waals surface area contributed by atoms with Crippen molar-refractivity contribution in [3.63, 3.8) is 0 Å². The highest BCUT2D eigenvalue weighted by Gasteiger charge is 2.19. The quantitative estimate of drug-likeness (QED) is 0.567. The molecule has 2 N–H and O–H groups in total. The van der Waals surface area contributed by atoms with Gasteiger partial charge in [0.2, 0.25) is 11.0 Å². The Bertz CT molecular complexity index is 953. The zero-order chi connectivity index (χ0) is 19.3. The average molecular weight is 416 g/mol. The molecule has 2 atom stereocenters. The average Bonchev–Trinajstić information content (AvgIpc) is 3.38. The van der Waals surface area contributed by atoms with Gasteiger partial charge in [0, 0.05) is 24.7 Å². The minimum absolute atomic E-state index is 0.0783. The van der Waals surface area contributed by atoms with Crippen molar-refractivity contribution in [1.82, 2.24) is 15.2 Å². The number of aromatic nitrogens is 3. The summed E-state index contributed by atoms with van der Waals surface area (Å²) in [4.78, 5) is 17.0. The van der Waals surface area contributed by atoms with Gasteiger partial charge in [-0.05, 0) is 44.0 Å². The number of amides is 1. The van der Waals surface area contributed by atoms with Crippen LogP contribution in [0.25, 0.3) is 10.9 Å². The van der Waals surface area contributed by atoms with E-state index < -0.39 is 0 Å². The van der Waals surface area contributed by atoms with Gasteiger partial charge in [-0.1, -0.05) is 29.2 Å². The van der Waals surface area contributed by atoms with E-state index in [1.54, 1.807) is 6.20 Å². The minimum atomic E-state index is -0.300. The largest absolute Gasteiger partial charge is 0.376 e. The van der Waals surface area contributed by atoms with E-state index in [2.05, 4.69) is 25.8 Å². The normalized spacial score (nSPS) is 17.5. The topological polar surface area (TPSA) is 89.0 Å². The Kier molecular flexibility index (Phi) is 6.04. The van der Waals surface area contributed by atoms with Crippen LogP contribution in [-0.2, 0) is 9.53 Å². The van der Waals surface area contributed by atoms with Crippen molar-refractivity contribution in [2.75, 3.05) is 23.8 Å². The molecule has 0 aliphatic carbocycles. The molecule has 0 spiro atoms. The van der Waals surface area contributed by atoms with E-state index in [1.165, 1.54) is 23.1 Å². The first-order chi connectivity index (χ1) is 13.7. The van der Waals surface area contributed by atoms with E-state index in [-0.39, 0.29) is 17.3 Å². The van der Waals surface area contributed by atoms with Crippen molar-refractivity contribution in [2.24, 2.45) is 0 Å². The number of ether oxygens (including phenoxy) is 1. The van der Waals surface area contributed by atoms with Gasteiger partial charge in [-0.15, -0.1) is 10.2 Å². The Hall–Kier alpha value is -2.23. The number of nitrogens with one attached hydrogen (secondary N) is 2. The maximum atomic E-state index is 12.6. The predicted molar refractivity (Wildman–Crippen MR) is 113 cm³/mol. The lowest BCUT2D eigenvalue weighted by Crippen LogP contribution is -2.22. The van der Waals surface area contributed by atoms with Gasteiger partial charge < -0.3 is 15.4 Å². The summed E-state index contributed by atoms with van der Waals surface area (Å²) in [6.45, 7) is 3.44. The van der Waals surface area contributed by atoms with Crippen molar-refractivity contribution >= 4 is 50.7 Å². The molecule has 1 aliphatic heterocycles. The molecule has 2 aromatic heterocycles. The van der Waals surface area contributed by atoms with Gasteiger partial charge in [0.05, 0.1) is 22.6 Å². The number of fused-ring (bicyclic) bond motifs is 1. The third-order valence-corrected chi connectivity index (χ3v) is 6.53. The first-order valence-electron chi connectivity index (χ1n) is 9.19. The van der Waals surface area contributed by atoms with Crippen molar-refractivity contribution < 1.29 is 9.53 Å². The maximum Gasteiger partial charge on any atom is 0.237 e. The number of rotatable bonds is 7. The molecule has 1 aliphatic rings. The number of nitrogens with zero attached hydrogens (tertiary/aromatic N) is 3. The Morgan fingerprint density at radius 2 is 2.29 bits per heavy atom. The summed E-state index contributed by atoms with van der Waals surface area (Å²) in [6.07, 6.45) is 4.18. The molecule has 1 amide bonds. The Labute approximate surface area is 171 Å². The van der Waals surface area contributed by atoms with Crippen LogP contribution < -0.4 is 10.6 Å². The van der Waals surface area contributed by atoms with E-state index in [9.17, 15) is 4.79 Å². The lowest BCUT2D eigenvalue weighted by Gasteiger charge is -2.12. The van der Waals surface area contributed by atoms with Crippen molar-refractivity contribution in [1.29, 1.82) is 0 Å². The van der Waals surface area contributed by atoms with Crippen LogP contribution in [0.5, 0.6) is 0 Å². The number of thioether (sulfide) groups is 1. The van der Waals surface area contributed by atoms with Gasteiger partial charge in [-0.2, -0.15) is 0 Å². The van der Waals surface area contributed by atoms with E-state index in [4.69, 9.17) is 4.74 Å². The Balaban J connectivity index is 1.34. The molecule has 1 aromatic carbocycles. The number of hydrogen-bond acceptors (Lipinski definition) is 8. The van der Waals surface area contributed by atoms with Crippen LogP contribution in [0.15, 0.2) is 40.9 Å². The summed E-state index contributed by atoms with van der Waals surface area (Å²) in [7, 11) is 0. The molecule has 3 aromatic rings. The van der Waals surface area contributed by atoms with Crippen molar-refractivity contribution in [3.05, 3.63) is 36.5 Å². The first-order valence-corrected chi connectivity index (χ1v) is 10.9. The van der Waals surface area contributed by atoms with Crippen molar-refractivity contribution in [2.45, 2.75) is 35.5 Å². The molecule has 1 saturated heterocycles. The predicted octanol–water partition coefficient (Wildman–Crippen LogP) is 3.80. The van der Waals surface area contributed by atoms with Crippen LogP contribution in [-0.4, -0.2) is 45.6 Å². The number of pyridine rings is 1. The molecule has 2 unspecified atom stereocenters. The highest BCUT2D eigenvalue weighted by molar-refractivity contribution is 8.02. The maximum absolute atomic E-state index is 12.6. The van der Waals surface area contributed by atoms with Crippen LogP contribution in [0.4, 0.5) is 10.8 Å². The van der Waals surface area contributed by atoms with E-state index in [0.29, 0.717) is 0 Å².